The Balaban J connectivity index is 0.000000441. The highest BCUT2D eigenvalue weighted by Gasteiger charge is 2.38. The molecule has 1 aliphatic rings. The zero-order valence-corrected chi connectivity index (χ0v) is 11.4. The molecule has 0 saturated carbocycles. The Hall–Kier alpha value is -1.79. The molecule has 0 bridgehead atoms. The lowest BCUT2D eigenvalue weighted by molar-refractivity contribution is -0.192. The van der Waals surface area contributed by atoms with Crippen molar-refractivity contribution in [3.63, 3.8) is 0 Å². The van der Waals surface area contributed by atoms with Crippen LogP contribution in [0.1, 0.15) is 26.7 Å². The second-order valence-corrected chi connectivity index (χ2v) is 4.22. The number of carboxylic acids is 1. The van der Waals surface area contributed by atoms with Gasteiger partial charge in [0, 0.05) is 18.7 Å². The zero-order valence-electron chi connectivity index (χ0n) is 11.4. The van der Waals surface area contributed by atoms with Crippen molar-refractivity contribution in [3.8, 4) is 0 Å². The van der Waals surface area contributed by atoms with Gasteiger partial charge < -0.3 is 10.0 Å². The van der Waals surface area contributed by atoms with Crippen molar-refractivity contribution in [2.45, 2.75) is 32.9 Å². The number of carboxylic acid groups (broad SMARTS) is 1. The standard InChI is InChI=1S/C11H17NO.C2HF3O2/c1-3-4-7-12-8-5-6-11(9-12)10(2)13;3-2(4,5)1(6)7/h5-6,8H,3-4,7,9H2,1-2H3;(H,6,7). The number of ketones is 1. The lowest BCUT2D eigenvalue weighted by Crippen LogP contribution is -2.25. The van der Waals surface area contributed by atoms with Crippen molar-refractivity contribution >= 4 is 11.8 Å². The molecule has 20 heavy (non-hydrogen) atoms. The third-order valence-electron chi connectivity index (χ3n) is 2.46. The first-order valence-corrected chi connectivity index (χ1v) is 6.11. The molecule has 1 heterocycles. The molecule has 1 aliphatic heterocycles. The van der Waals surface area contributed by atoms with Gasteiger partial charge in [-0.25, -0.2) is 4.79 Å². The van der Waals surface area contributed by atoms with Crippen LogP contribution in [-0.4, -0.2) is 41.0 Å². The van der Waals surface area contributed by atoms with Crippen LogP contribution in [0.15, 0.2) is 23.9 Å². The van der Waals surface area contributed by atoms with Crippen molar-refractivity contribution in [1.82, 2.24) is 4.90 Å². The molecule has 0 aromatic carbocycles. The first-order chi connectivity index (χ1) is 9.18. The maximum absolute atomic E-state index is 11.1. The number of Topliss-reactive ketones (excluding diaryl/α,β-unsaturated/α-hetero) is 1. The van der Waals surface area contributed by atoms with E-state index in [0.717, 1.165) is 18.7 Å². The molecule has 7 heteroatoms. The first kappa shape index (κ1) is 18.2. The van der Waals surface area contributed by atoms with Gasteiger partial charge in [-0.3, -0.25) is 4.79 Å². The predicted molar refractivity (Wildman–Crippen MR) is 68.1 cm³/mol. The predicted octanol–water partition coefficient (Wildman–Crippen LogP) is 2.76. The van der Waals surface area contributed by atoms with Gasteiger partial charge in [0.1, 0.15) is 0 Å². The van der Waals surface area contributed by atoms with E-state index < -0.39 is 12.1 Å². The molecule has 0 radical (unpaired) electrons. The molecule has 0 fully saturated rings. The average molecular weight is 293 g/mol. The van der Waals surface area contributed by atoms with Gasteiger partial charge in [-0.2, -0.15) is 13.2 Å². The van der Waals surface area contributed by atoms with E-state index in [2.05, 4.69) is 18.0 Å². The van der Waals surface area contributed by atoms with E-state index in [4.69, 9.17) is 9.90 Å². The molecule has 0 unspecified atom stereocenters. The molecule has 0 saturated heterocycles. The van der Waals surface area contributed by atoms with Crippen LogP contribution in [0.5, 0.6) is 0 Å². The Labute approximate surface area is 115 Å². The SMILES string of the molecule is CCCCN1C=CC=C(C(C)=O)C1.O=C(O)C(F)(F)F. The summed E-state index contributed by atoms with van der Waals surface area (Å²) in [5.41, 5.74) is 0.915. The fourth-order valence-electron chi connectivity index (χ4n) is 1.35. The Kier molecular flexibility index (Phi) is 7.64. The number of carbonyl (C=O) groups excluding carboxylic acids is 1. The van der Waals surface area contributed by atoms with Gasteiger partial charge in [-0.05, 0) is 25.6 Å². The minimum absolute atomic E-state index is 0.186. The minimum atomic E-state index is -5.08. The van der Waals surface area contributed by atoms with Crippen LogP contribution in [0.4, 0.5) is 13.2 Å². The van der Waals surface area contributed by atoms with Gasteiger partial charge in [-0.15, -0.1) is 0 Å². The number of halogens is 3. The highest BCUT2D eigenvalue weighted by atomic mass is 19.4. The van der Waals surface area contributed by atoms with Gasteiger partial charge in [0.05, 0.1) is 0 Å². The topological polar surface area (TPSA) is 57.6 Å². The van der Waals surface area contributed by atoms with Crippen LogP contribution in [0, 0.1) is 0 Å². The van der Waals surface area contributed by atoms with Crippen LogP contribution >= 0.6 is 0 Å². The first-order valence-electron chi connectivity index (χ1n) is 6.11. The van der Waals surface area contributed by atoms with E-state index >= 15 is 0 Å². The van der Waals surface area contributed by atoms with Gasteiger partial charge in [0.2, 0.25) is 0 Å². The number of hydrogen-bond donors (Lipinski definition) is 1. The maximum atomic E-state index is 11.1. The van der Waals surface area contributed by atoms with Crippen molar-refractivity contribution in [1.29, 1.82) is 0 Å². The van der Waals surface area contributed by atoms with Crippen LogP contribution in [-0.2, 0) is 9.59 Å². The highest BCUT2D eigenvalue weighted by molar-refractivity contribution is 5.94. The van der Waals surface area contributed by atoms with E-state index in [1.165, 1.54) is 12.8 Å². The summed E-state index contributed by atoms with van der Waals surface area (Å²) in [6, 6.07) is 0. The Bertz CT molecular complexity index is 400. The van der Waals surface area contributed by atoms with Crippen molar-refractivity contribution in [2.75, 3.05) is 13.1 Å². The third kappa shape index (κ3) is 7.60. The Morgan fingerprint density at radius 2 is 1.95 bits per heavy atom. The van der Waals surface area contributed by atoms with Gasteiger partial charge in [0.25, 0.3) is 0 Å². The Morgan fingerprint density at radius 1 is 1.40 bits per heavy atom. The monoisotopic (exact) mass is 293 g/mol. The van der Waals surface area contributed by atoms with Crippen LogP contribution in [0.3, 0.4) is 0 Å². The smallest absolute Gasteiger partial charge is 0.475 e. The summed E-state index contributed by atoms with van der Waals surface area (Å²) >= 11 is 0. The summed E-state index contributed by atoms with van der Waals surface area (Å²) in [6.45, 7) is 5.64. The fraction of sp³-hybridized carbons (Fsp3) is 0.538. The number of aliphatic carboxylic acids is 1. The lowest BCUT2D eigenvalue weighted by atomic mass is 10.1. The summed E-state index contributed by atoms with van der Waals surface area (Å²) in [7, 11) is 0. The molecular formula is C13H18F3NO3. The number of hydrogen-bond acceptors (Lipinski definition) is 3. The van der Waals surface area contributed by atoms with Gasteiger partial charge >= 0.3 is 12.1 Å². The van der Waals surface area contributed by atoms with Crippen LogP contribution < -0.4 is 0 Å². The summed E-state index contributed by atoms with van der Waals surface area (Å²) in [4.78, 5) is 22.2. The summed E-state index contributed by atoms with van der Waals surface area (Å²) in [5.74, 6) is -2.57. The average Bonchev–Trinajstić information content (AvgIpc) is 2.36. The number of unbranched alkanes of at least 4 members (excludes halogenated alkanes) is 1. The Morgan fingerprint density at radius 3 is 2.35 bits per heavy atom. The molecule has 0 atom stereocenters. The van der Waals surface area contributed by atoms with E-state index in [0.29, 0.717) is 0 Å². The van der Waals surface area contributed by atoms with Crippen LogP contribution in [0.2, 0.25) is 0 Å². The summed E-state index contributed by atoms with van der Waals surface area (Å²) < 4.78 is 31.7. The van der Waals surface area contributed by atoms with Crippen LogP contribution in [0.25, 0.3) is 0 Å². The van der Waals surface area contributed by atoms with E-state index in [-0.39, 0.29) is 5.78 Å². The van der Waals surface area contributed by atoms with E-state index in [1.54, 1.807) is 6.92 Å². The quantitative estimate of drug-likeness (QED) is 0.866. The molecule has 4 nitrogen and oxygen atoms in total. The molecular weight excluding hydrogens is 275 g/mol. The van der Waals surface area contributed by atoms with E-state index in [1.807, 2.05) is 12.2 Å². The molecule has 0 aromatic rings. The molecule has 0 spiro atoms. The number of alkyl halides is 3. The summed E-state index contributed by atoms with van der Waals surface area (Å²) in [5, 5.41) is 7.12. The molecule has 0 amide bonds. The van der Waals surface area contributed by atoms with Crippen molar-refractivity contribution in [2.24, 2.45) is 0 Å². The second kappa shape index (κ2) is 8.39. The molecule has 1 rings (SSSR count). The molecule has 114 valence electrons. The number of rotatable bonds is 4. The molecule has 0 aliphatic carbocycles. The van der Waals surface area contributed by atoms with Crippen molar-refractivity contribution in [3.05, 3.63) is 23.9 Å². The third-order valence-corrected chi connectivity index (χ3v) is 2.46. The largest absolute Gasteiger partial charge is 0.490 e. The highest BCUT2D eigenvalue weighted by Crippen LogP contribution is 2.13. The minimum Gasteiger partial charge on any atom is -0.475 e. The number of nitrogens with zero attached hydrogens (tertiary/aromatic N) is 1. The second-order valence-electron chi connectivity index (χ2n) is 4.22. The van der Waals surface area contributed by atoms with Gasteiger partial charge in [-0.1, -0.05) is 19.4 Å². The fourth-order valence-corrected chi connectivity index (χ4v) is 1.35. The molecule has 0 aromatic heterocycles. The lowest BCUT2D eigenvalue weighted by Gasteiger charge is -2.23. The summed E-state index contributed by atoms with van der Waals surface area (Å²) in [6.07, 6.45) is 3.22. The number of carbonyl (C=O) groups is 2. The zero-order chi connectivity index (χ0) is 15.8. The van der Waals surface area contributed by atoms with E-state index in [9.17, 15) is 18.0 Å². The molecule has 1 N–H and O–H groups in total. The van der Waals surface area contributed by atoms with Crippen molar-refractivity contribution < 1.29 is 27.9 Å². The normalized spacial score (nSPS) is 14.2. The van der Waals surface area contributed by atoms with Gasteiger partial charge in [0.15, 0.2) is 5.78 Å². The maximum Gasteiger partial charge on any atom is 0.490 e. The number of allylic oxidation sites excluding steroid dienone is 2.